The van der Waals surface area contributed by atoms with Crippen LogP contribution >= 0.6 is 0 Å². The molecule has 0 unspecified atom stereocenters. The Bertz CT molecular complexity index is 399. The van der Waals surface area contributed by atoms with Crippen molar-refractivity contribution in [3.8, 4) is 5.75 Å². The number of aromatic carboxylic acids is 1. The van der Waals surface area contributed by atoms with Crippen LogP contribution in [0.25, 0.3) is 0 Å². The van der Waals surface area contributed by atoms with E-state index < -0.39 is 5.97 Å². The number of benzene rings is 1. The van der Waals surface area contributed by atoms with Gasteiger partial charge in [-0.2, -0.15) is 0 Å². The Morgan fingerprint density at radius 1 is 1.33 bits per heavy atom. The molecule has 0 amide bonds. The first-order valence-corrected chi connectivity index (χ1v) is 6.05. The third-order valence-corrected chi connectivity index (χ3v) is 2.45. The van der Waals surface area contributed by atoms with Crippen molar-refractivity contribution in [2.24, 2.45) is 5.92 Å². The standard InChI is InChI=1S/C14H20O4/c1-10(2)9-17-7-8-18-13-6-4-5-12(11(13)3)14(15)16/h4-6,10H,7-9H2,1-3H3,(H,15,16). The van der Waals surface area contributed by atoms with Gasteiger partial charge in [0, 0.05) is 12.2 Å². The molecule has 0 heterocycles. The van der Waals surface area contributed by atoms with E-state index in [0.717, 1.165) is 0 Å². The van der Waals surface area contributed by atoms with Gasteiger partial charge in [-0.05, 0) is 25.0 Å². The number of ether oxygens (including phenoxy) is 2. The van der Waals surface area contributed by atoms with Gasteiger partial charge in [-0.3, -0.25) is 0 Å². The molecule has 0 aliphatic rings. The van der Waals surface area contributed by atoms with E-state index in [4.69, 9.17) is 14.6 Å². The summed E-state index contributed by atoms with van der Waals surface area (Å²) in [6, 6.07) is 5.02. The summed E-state index contributed by atoms with van der Waals surface area (Å²) in [5.74, 6) is 0.166. The van der Waals surface area contributed by atoms with Gasteiger partial charge in [0.1, 0.15) is 12.4 Å². The van der Waals surface area contributed by atoms with Crippen LogP contribution in [0, 0.1) is 12.8 Å². The smallest absolute Gasteiger partial charge is 0.336 e. The Labute approximate surface area is 108 Å². The maximum absolute atomic E-state index is 10.9. The topological polar surface area (TPSA) is 55.8 Å². The van der Waals surface area contributed by atoms with E-state index in [1.165, 1.54) is 0 Å². The fraction of sp³-hybridized carbons (Fsp3) is 0.500. The molecule has 0 radical (unpaired) electrons. The van der Waals surface area contributed by atoms with E-state index in [2.05, 4.69) is 13.8 Å². The van der Waals surface area contributed by atoms with Crippen molar-refractivity contribution in [3.05, 3.63) is 29.3 Å². The van der Waals surface area contributed by atoms with Crippen LogP contribution < -0.4 is 4.74 Å². The highest BCUT2D eigenvalue weighted by Gasteiger charge is 2.10. The minimum absolute atomic E-state index is 0.274. The van der Waals surface area contributed by atoms with E-state index in [1.807, 2.05) is 0 Å². The van der Waals surface area contributed by atoms with Gasteiger partial charge < -0.3 is 14.6 Å². The molecule has 0 fully saturated rings. The maximum Gasteiger partial charge on any atom is 0.336 e. The number of carboxylic acid groups (broad SMARTS) is 1. The number of hydrogen-bond acceptors (Lipinski definition) is 3. The van der Waals surface area contributed by atoms with Crippen LogP contribution in [0.1, 0.15) is 29.8 Å². The number of carboxylic acids is 1. The van der Waals surface area contributed by atoms with Crippen LogP contribution in [0.2, 0.25) is 0 Å². The van der Waals surface area contributed by atoms with E-state index in [0.29, 0.717) is 37.1 Å². The molecule has 0 aliphatic heterocycles. The lowest BCUT2D eigenvalue weighted by Gasteiger charge is -2.11. The first kappa shape index (κ1) is 14.5. The average molecular weight is 252 g/mol. The molecule has 0 spiro atoms. The van der Waals surface area contributed by atoms with Crippen molar-refractivity contribution >= 4 is 5.97 Å². The monoisotopic (exact) mass is 252 g/mol. The SMILES string of the molecule is Cc1c(OCCOCC(C)C)cccc1C(=O)O. The molecule has 1 N–H and O–H groups in total. The summed E-state index contributed by atoms with van der Waals surface area (Å²) >= 11 is 0. The van der Waals surface area contributed by atoms with Crippen LogP contribution in [0.5, 0.6) is 5.75 Å². The first-order valence-electron chi connectivity index (χ1n) is 6.05. The molecule has 0 aromatic heterocycles. The zero-order chi connectivity index (χ0) is 13.5. The van der Waals surface area contributed by atoms with Crippen LogP contribution in [0.15, 0.2) is 18.2 Å². The van der Waals surface area contributed by atoms with E-state index in [1.54, 1.807) is 25.1 Å². The lowest BCUT2D eigenvalue weighted by atomic mass is 10.1. The van der Waals surface area contributed by atoms with Crippen molar-refractivity contribution in [1.29, 1.82) is 0 Å². The third kappa shape index (κ3) is 4.37. The molecule has 0 saturated carbocycles. The Morgan fingerprint density at radius 3 is 2.67 bits per heavy atom. The number of hydrogen-bond donors (Lipinski definition) is 1. The van der Waals surface area contributed by atoms with Gasteiger partial charge in [0.05, 0.1) is 12.2 Å². The van der Waals surface area contributed by atoms with Crippen molar-refractivity contribution < 1.29 is 19.4 Å². The summed E-state index contributed by atoms with van der Waals surface area (Å²) in [5.41, 5.74) is 0.921. The molecule has 0 atom stereocenters. The minimum Gasteiger partial charge on any atom is -0.491 e. The highest BCUT2D eigenvalue weighted by Crippen LogP contribution is 2.21. The van der Waals surface area contributed by atoms with E-state index >= 15 is 0 Å². The lowest BCUT2D eigenvalue weighted by molar-refractivity contribution is 0.0694. The molecular formula is C14H20O4. The Morgan fingerprint density at radius 2 is 2.06 bits per heavy atom. The largest absolute Gasteiger partial charge is 0.491 e. The summed E-state index contributed by atoms with van der Waals surface area (Å²) in [6.45, 7) is 7.56. The molecule has 1 aromatic carbocycles. The molecule has 0 aliphatic carbocycles. The van der Waals surface area contributed by atoms with Crippen molar-refractivity contribution in [3.63, 3.8) is 0 Å². The second-order valence-corrected chi connectivity index (χ2v) is 4.55. The minimum atomic E-state index is -0.936. The van der Waals surface area contributed by atoms with Crippen LogP contribution in [0.3, 0.4) is 0 Å². The normalized spacial score (nSPS) is 10.7. The van der Waals surface area contributed by atoms with E-state index in [-0.39, 0.29) is 5.56 Å². The summed E-state index contributed by atoms with van der Waals surface area (Å²) in [5, 5.41) is 8.98. The predicted octanol–water partition coefficient (Wildman–Crippen LogP) is 2.74. The molecule has 1 rings (SSSR count). The van der Waals surface area contributed by atoms with E-state index in [9.17, 15) is 4.79 Å². The second-order valence-electron chi connectivity index (χ2n) is 4.55. The Hall–Kier alpha value is -1.55. The second kappa shape index (κ2) is 7.01. The molecular weight excluding hydrogens is 232 g/mol. The van der Waals surface area contributed by atoms with Gasteiger partial charge in [0.2, 0.25) is 0 Å². The molecule has 1 aromatic rings. The van der Waals surface area contributed by atoms with Gasteiger partial charge in [-0.25, -0.2) is 4.79 Å². The molecule has 100 valence electrons. The number of carbonyl (C=O) groups is 1. The predicted molar refractivity (Wildman–Crippen MR) is 69.3 cm³/mol. The van der Waals surface area contributed by atoms with Gasteiger partial charge in [-0.1, -0.05) is 19.9 Å². The molecule has 18 heavy (non-hydrogen) atoms. The van der Waals surface area contributed by atoms with Gasteiger partial charge in [0.25, 0.3) is 0 Å². The average Bonchev–Trinajstić information content (AvgIpc) is 2.30. The fourth-order valence-electron chi connectivity index (χ4n) is 1.53. The highest BCUT2D eigenvalue weighted by atomic mass is 16.5. The van der Waals surface area contributed by atoms with Crippen LogP contribution in [-0.2, 0) is 4.74 Å². The van der Waals surface area contributed by atoms with Crippen molar-refractivity contribution in [2.75, 3.05) is 19.8 Å². The van der Waals surface area contributed by atoms with Crippen molar-refractivity contribution in [2.45, 2.75) is 20.8 Å². The third-order valence-electron chi connectivity index (χ3n) is 2.45. The highest BCUT2D eigenvalue weighted by molar-refractivity contribution is 5.90. The first-order chi connectivity index (χ1) is 8.52. The quantitative estimate of drug-likeness (QED) is 0.758. The zero-order valence-electron chi connectivity index (χ0n) is 11.1. The molecule has 0 bridgehead atoms. The van der Waals surface area contributed by atoms with Gasteiger partial charge in [-0.15, -0.1) is 0 Å². The zero-order valence-corrected chi connectivity index (χ0v) is 11.1. The van der Waals surface area contributed by atoms with Crippen molar-refractivity contribution in [1.82, 2.24) is 0 Å². The van der Waals surface area contributed by atoms with Gasteiger partial charge >= 0.3 is 5.97 Å². The summed E-state index contributed by atoms with van der Waals surface area (Å²) in [7, 11) is 0. The molecule has 0 saturated heterocycles. The summed E-state index contributed by atoms with van der Waals surface area (Å²) in [4.78, 5) is 10.9. The summed E-state index contributed by atoms with van der Waals surface area (Å²) < 4.78 is 10.9. The van der Waals surface area contributed by atoms with Crippen LogP contribution in [0.4, 0.5) is 0 Å². The van der Waals surface area contributed by atoms with Crippen LogP contribution in [-0.4, -0.2) is 30.9 Å². The maximum atomic E-state index is 10.9. The Kier molecular flexibility index (Phi) is 5.65. The van der Waals surface area contributed by atoms with Gasteiger partial charge in [0.15, 0.2) is 0 Å². The number of rotatable bonds is 7. The molecule has 4 heteroatoms. The fourth-order valence-corrected chi connectivity index (χ4v) is 1.53. The lowest BCUT2D eigenvalue weighted by Crippen LogP contribution is -2.11. The Balaban J connectivity index is 2.48. The molecule has 4 nitrogen and oxygen atoms in total. The summed E-state index contributed by atoms with van der Waals surface area (Å²) in [6.07, 6.45) is 0.